The molecule has 0 unspecified atom stereocenters. The Morgan fingerprint density at radius 1 is 0.407 bits per heavy atom. The number of fused-ring (bicyclic) bond motifs is 6. The van der Waals surface area contributed by atoms with E-state index in [1.807, 2.05) is 83.1 Å². The van der Waals surface area contributed by atoms with Gasteiger partial charge in [-0.05, 0) is 124 Å². The number of para-hydroxylation sites is 2. The van der Waals surface area contributed by atoms with E-state index in [0.29, 0.717) is 57.4 Å². The molecule has 0 saturated carbocycles. The average molecular weight is 763 g/mol. The normalized spacial score (nSPS) is 11.4. The first-order valence-corrected chi connectivity index (χ1v) is 19.2. The molecule has 280 valence electrons. The molecule has 10 nitrogen and oxygen atoms in total. The maximum absolute atomic E-state index is 11.4. The zero-order valence-corrected chi connectivity index (χ0v) is 32.9. The van der Waals surface area contributed by atoms with Gasteiger partial charge >= 0.3 is 0 Å². The van der Waals surface area contributed by atoms with Crippen LogP contribution in [0.15, 0.2) is 115 Å². The summed E-state index contributed by atoms with van der Waals surface area (Å²) in [5.41, 5.74) is 10.7. The highest BCUT2D eigenvalue weighted by molar-refractivity contribution is 6.12. The van der Waals surface area contributed by atoms with Gasteiger partial charge in [0.1, 0.15) is 34.9 Å². The lowest BCUT2D eigenvalue weighted by Crippen LogP contribution is -2.05. The van der Waals surface area contributed by atoms with Gasteiger partial charge in [0.2, 0.25) is 0 Å². The molecule has 0 radical (unpaired) electrons. The summed E-state index contributed by atoms with van der Waals surface area (Å²) in [6.45, 7) is 9.49. The van der Waals surface area contributed by atoms with Crippen molar-refractivity contribution in [3.05, 3.63) is 155 Å². The van der Waals surface area contributed by atoms with Crippen molar-refractivity contribution in [3.8, 4) is 57.4 Å². The molecule has 59 heavy (non-hydrogen) atoms. The van der Waals surface area contributed by atoms with Crippen molar-refractivity contribution in [2.24, 2.45) is 0 Å². The highest BCUT2D eigenvalue weighted by atomic mass is 15.0. The molecule has 0 fully saturated rings. The van der Waals surface area contributed by atoms with E-state index in [1.54, 1.807) is 0 Å². The van der Waals surface area contributed by atoms with Crippen molar-refractivity contribution in [2.75, 3.05) is 0 Å². The summed E-state index contributed by atoms with van der Waals surface area (Å²) in [4.78, 5) is 27.4. The van der Waals surface area contributed by atoms with Crippen LogP contribution in [0.3, 0.4) is 0 Å². The fraction of sp³-hybridized carbons (Fsp3) is 0.102. The lowest BCUT2D eigenvalue weighted by Gasteiger charge is -2.19. The van der Waals surface area contributed by atoms with E-state index >= 15 is 0 Å². The molecular weight excluding hydrogens is 729 g/mol. The predicted octanol–water partition coefficient (Wildman–Crippen LogP) is 10.5. The fourth-order valence-corrected chi connectivity index (χ4v) is 8.49. The van der Waals surface area contributed by atoms with Gasteiger partial charge in [-0.3, -0.25) is 0 Å². The molecule has 0 aliphatic carbocycles. The molecule has 10 heteroatoms. The van der Waals surface area contributed by atoms with Crippen molar-refractivity contribution in [1.29, 1.82) is 10.5 Å². The molecule has 4 heterocycles. The Morgan fingerprint density at radius 3 is 1.31 bits per heavy atom. The van der Waals surface area contributed by atoms with Gasteiger partial charge in [-0.15, -0.1) is 0 Å². The monoisotopic (exact) mass is 762 g/mol. The largest absolute Gasteiger partial charge is 0.308 e. The number of aromatic nitrogens is 8. The van der Waals surface area contributed by atoms with Crippen molar-refractivity contribution in [1.82, 2.24) is 39.0 Å². The van der Waals surface area contributed by atoms with Crippen molar-refractivity contribution in [3.63, 3.8) is 0 Å². The average Bonchev–Trinajstić information content (AvgIpc) is 3.74. The summed E-state index contributed by atoms with van der Waals surface area (Å²) in [6.07, 6.45) is 0. The van der Waals surface area contributed by atoms with Gasteiger partial charge < -0.3 is 9.13 Å². The smallest absolute Gasteiger partial charge is 0.163 e. The Kier molecular flexibility index (Phi) is 8.11. The lowest BCUT2D eigenvalue weighted by atomic mass is 9.97. The first-order valence-electron chi connectivity index (χ1n) is 19.2. The Morgan fingerprint density at radius 2 is 0.847 bits per heavy atom. The van der Waals surface area contributed by atoms with Gasteiger partial charge in [-0.1, -0.05) is 42.5 Å². The standard InChI is InChI=1S/C49H34N10/c1-27-18-32(25-50)20-35(19-27)36-23-46(58-42-12-8-6-10-37(42)39-21-33(14-16-44(39)58)48-54-28(2)52-29(3)55-48)41(26-51)47(24-36)59-43-13-9-7-11-38(43)40-22-34(15-17-45(40)59)49-56-30(4)53-31(5)57-49/h6-24H,1-5H3. The van der Waals surface area contributed by atoms with E-state index in [1.165, 1.54) is 0 Å². The number of hydrogen-bond donors (Lipinski definition) is 0. The summed E-state index contributed by atoms with van der Waals surface area (Å²) in [5.74, 6) is 3.85. The SMILES string of the molecule is Cc1cc(C#N)cc(-c2cc(-n3c4ccccc4c4cc(-c5nc(C)nc(C)n5)ccc43)c(C#N)c(-n3c4ccccc4c4cc(-c5nc(C)nc(C)n5)ccc43)c2)c1. The van der Waals surface area contributed by atoms with Crippen LogP contribution in [-0.2, 0) is 0 Å². The van der Waals surface area contributed by atoms with E-state index < -0.39 is 0 Å². The Labute approximate surface area is 339 Å². The van der Waals surface area contributed by atoms with E-state index in [9.17, 15) is 10.5 Å². The summed E-state index contributed by atoms with van der Waals surface area (Å²) in [7, 11) is 0. The predicted molar refractivity (Wildman–Crippen MR) is 231 cm³/mol. The maximum Gasteiger partial charge on any atom is 0.163 e. The quantitative estimate of drug-likeness (QED) is 0.169. The van der Waals surface area contributed by atoms with Crippen LogP contribution in [-0.4, -0.2) is 39.0 Å². The fourth-order valence-electron chi connectivity index (χ4n) is 8.49. The summed E-state index contributed by atoms with van der Waals surface area (Å²) < 4.78 is 4.37. The highest BCUT2D eigenvalue weighted by Gasteiger charge is 2.23. The van der Waals surface area contributed by atoms with Crippen molar-refractivity contribution < 1.29 is 0 Å². The first-order chi connectivity index (χ1) is 28.7. The lowest BCUT2D eigenvalue weighted by molar-refractivity contribution is 0.928. The molecule has 6 aromatic carbocycles. The van der Waals surface area contributed by atoms with Crippen LogP contribution < -0.4 is 0 Å². The van der Waals surface area contributed by atoms with Crippen LogP contribution >= 0.6 is 0 Å². The zero-order valence-electron chi connectivity index (χ0n) is 32.9. The molecule has 0 spiro atoms. The van der Waals surface area contributed by atoms with Gasteiger partial charge in [0.25, 0.3) is 0 Å². The third kappa shape index (κ3) is 5.86. The summed E-state index contributed by atoms with van der Waals surface area (Å²) in [5, 5.41) is 25.5. The number of nitrogens with zero attached hydrogens (tertiary/aromatic N) is 10. The van der Waals surface area contributed by atoms with Crippen LogP contribution in [0.1, 0.15) is 40.0 Å². The highest BCUT2D eigenvalue weighted by Crippen LogP contribution is 2.41. The van der Waals surface area contributed by atoms with Crippen LogP contribution in [0.5, 0.6) is 0 Å². The number of aryl methyl sites for hydroxylation is 5. The van der Waals surface area contributed by atoms with Crippen molar-refractivity contribution >= 4 is 43.6 Å². The Balaban J connectivity index is 1.30. The minimum Gasteiger partial charge on any atom is -0.308 e. The summed E-state index contributed by atoms with van der Waals surface area (Å²) in [6, 6.07) is 44.0. The zero-order chi connectivity index (χ0) is 40.5. The Bertz CT molecular complexity index is 3260. The third-order valence-corrected chi connectivity index (χ3v) is 10.8. The first kappa shape index (κ1) is 35.3. The second-order valence-electron chi connectivity index (χ2n) is 14.9. The molecule has 10 aromatic rings. The molecule has 10 rings (SSSR count). The second kappa shape index (κ2) is 13.5. The molecule has 0 aliphatic heterocycles. The van der Waals surface area contributed by atoms with Gasteiger partial charge in [-0.25, -0.2) is 29.9 Å². The van der Waals surface area contributed by atoms with Crippen LogP contribution in [0.4, 0.5) is 0 Å². The number of hydrogen-bond acceptors (Lipinski definition) is 8. The van der Waals surface area contributed by atoms with E-state index in [-0.39, 0.29) is 0 Å². The number of benzene rings is 6. The number of rotatable bonds is 5. The van der Waals surface area contributed by atoms with Crippen LogP contribution in [0.2, 0.25) is 0 Å². The van der Waals surface area contributed by atoms with Gasteiger partial charge in [-0.2, -0.15) is 10.5 Å². The van der Waals surface area contributed by atoms with Crippen LogP contribution in [0, 0.1) is 57.3 Å². The number of nitriles is 2. The van der Waals surface area contributed by atoms with E-state index in [0.717, 1.165) is 71.4 Å². The van der Waals surface area contributed by atoms with E-state index in [4.69, 9.17) is 0 Å². The molecule has 4 aromatic heterocycles. The topological polar surface area (TPSA) is 135 Å². The second-order valence-corrected chi connectivity index (χ2v) is 14.9. The molecule has 0 atom stereocenters. The van der Waals surface area contributed by atoms with E-state index in [2.05, 4.69) is 118 Å². The van der Waals surface area contributed by atoms with Crippen LogP contribution in [0.25, 0.3) is 88.9 Å². The van der Waals surface area contributed by atoms with Gasteiger partial charge in [0.15, 0.2) is 11.6 Å². The van der Waals surface area contributed by atoms with Crippen molar-refractivity contribution in [2.45, 2.75) is 34.6 Å². The molecule has 0 aliphatic rings. The molecule has 0 saturated heterocycles. The Hall–Kier alpha value is -8.08. The van der Waals surface area contributed by atoms with Gasteiger partial charge in [0, 0.05) is 32.7 Å². The third-order valence-electron chi connectivity index (χ3n) is 10.8. The summed E-state index contributed by atoms with van der Waals surface area (Å²) >= 11 is 0. The van der Waals surface area contributed by atoms with Gasteiger partial charge in [0.05, 0.1) is 45.1 Å². The minimum absolute atomic E-state index is 0.493. The molecule has 0 amide bonds. The molecular formula is C49H34N10. The molecule has 0 bridgehead atoms. The molecule has 0 N–H and O–H groups in total. The maximum atomic E-state index is 11.4. The minimum atomic E-state index is 0.493.